The molecule has 3 heterocycles. The SMILES string of the molecule is COc1cccc(OC)c1-n1c(-c2cncc(C)c2)nn(C)c1=NS(=O)(=O)[C@@H](C)[C@H](C)c1ncc(C)cn1. The van der Waals surface area contributed by atoms with Gasteiger partial charge < -0.3 is 9.47 Å². The molecule has 200 valence electrons. The van der Waals surface area contributed by atoms with Crippen LogP contribution in [0, 0.1) is 13.8 Å². The molecule has 0 fully saturated rings. The summed E-state index contributed by atoms with van der Waals surface area (Å²) in [4.78, 5) is 12.9. The minimum Gasteiger partial charge on any atom is -0.494 e. The van der Waals surface area contributed by atoms with E-state index in [1.165, 1.54) is 18.9 Å². The van der Waals surface area contributed by atoms with Crippen LogP contribution in [0.5, 0.6) is 11.5 Å². The summed E-state index contributed by atoms with van der Waals surface area (Å²) in [5.74, 6) is 1.24. The van der Waals surface area contributed by atoms with E-state index < -0.39 is 21.2 Å². The van der Waals surface area contributed by atoms with Gasteiger partial charge in [0.1, 0.15) is 23.0 Å². The third-order valence-corrected chi connectivity index (χ3v) is 8.06. The van der Waals surface area contributed by atoms with E-state index in [4.69, 9.17) is 9.47 Å². The smallest absolute Gasteiger partial charge is 0.259 e. The number of ether oxygens (including phenoxy) is 2. The molecule has 0 radical (unpaired) electrons. The van der Waals surface area contributed by atoms with Crippen molar-refractivity contribution in [1.82, 2.24) is 29.3 Å². The highest BCUT2D eigenvalue weighted by Crippen LogP contribution is 2.34. The first kappa shape index (κ1) is 27.0. The fourth-order valence-corrected chi connectivity index (χ4v) is 5.23. The van der Waals surface area contributed by atoms with Crippen LogP contribution in [-0.4, -0.2) is 57.2 Å². The Morgan fingerprint density at radius 2 is 1.58 bits per heavy atom. The van der Waals surface area contributed by atoms with Crippen LogP contribution in [0.4, 0.5) is 0 Å². The van der Waals surface area contributed by atoms with E-state index in [-0.39, 0.29) is 5.62 Å². The summed E-state index contributed by atoms with van der Waals surface area (Å²) in [7, 11) is 0.621. The third-order valence-electron chi connectivity index (χ3n) is 6.30. The van der Waals surface area contributed by atoms with Crippen molar-refractivity contribution in [3.63, 3.8) is 0 Å². The molecule has 11 nitrogen and oxygen atoms in total. The lowest BCUT2D eigenvalue weighted by molar-refractivity contribution is 0.390. The number of methoxy groups -OCH3 is 2. The van der Waals surface area contributed by atoms with Crippen molar-refractivity contribution >= 4 is 10.0 Å². The van der Waals surface area contributed by atoms with Crippen LogP contribution in [-0.2, 0) is 17.1 Å². The second-order valence-electron chi connectivity index (χ2n) is 9.06. The zero-order valence-corrected chi connectivity index (χ0v) is 23.3. The molecule has 12 heteroatoms. The van der Waals surface area contributed by atoms with Crippen molar-refractivity contribution in [2.24, 2.45) is 11.4 Å². The number of aryl methyl sites for hydroxylation is 3. The Morgan fingerprint density at radius 1 is 0.947 bits per heavy atom. The molecule has 38 heavy (non-hydrogen) atoms. The molecule has 0 aliphatic heterocycles. The summed E-state index contributed by atoms with van der Waals surface area (Å²) in [5.41, 5.74) is 2.99. The number of benzene rings is 1. The molecule has 0 spiro atoms. The maximum Gasteiger partial charge on any atom is 0.259 e. The summed E-state index contributed by atoms with van der Waals surface area (Å²) in [6.07, 6.45) is 6.72. The fraction of sp³-hybridized carbons (Fsp3) is 0.346. The predicted molar refractivity (Wildman–Crippen MR) is 143 cm³/mol. The van der Waals surface area contributed by atoms with Crippen molar-refractivity contribution in [3.8, 4) is 28.6 Å². The summed E-state index contributed by atoms with van der Waals surface area (Å²) in [6.45, 7) is 7.16. The van der Waals surface area contributed by atoms with Gasteiger partial charge in [0.25, 0.3) is 10.0 Å². The van der Waals surface area contributed by atoms with Gasteiger partial charge in [-0.25, -0.2) is 23.1 Å². The number of para-hydroxylation sites is 1. The van der Waals surface area contributed by atoms with Crippen LogP contribution in [0.3, 0.4) is 0 Å². The van der Waals surface area contributed by atoms with Crippen molar-refractivity contribution in [3.05, 3.63) is 71.6 Å². The number of rotatable bonds is 8. The molecule has 0 bridgehead atoms. The maximum absolute atomic E-state index is 13.7. The number of sulfonamides is 1. The average Bonchev–Trinajstić information content (AvgIpc) is 3.22. The normalized spacial score (nSPS) is 13.8. The molecule has 3 aromatic heterocycles. The van der Waals surface area contributed by atoms with Gasteiger partial charge in [0.2, 0.25) is 5.62 Å². The van der Waals surface area contributed by atoms with Crippen LogP contribution in [0.15, 0.2) is 53.5 Å². The molecule has 0 saturated carbocycles. The van der Waals surface area contributed by atoms with Gasteiger partial charge in [0, 0.05) is 43.3 Å². The number of nitrogens with zero attached hydrogens (tertiary/aromatic N) is 7. The van der Waals surface area contributed by atoms with Gasteiger partial charge in [-0.05, 0) is 50.1 Å². The first-order chi connectivity index (χ1) is 18.1. The van der Waals surface area contributed by atoms with Crippen LogP contribution in [0.1, 0.15) is 36.7 Å². The molecular weight excluding hydrogens is 506 g/mol. The average molecular weight is 538 g/mol. The molecule has 0 amide bonds. The number of aromatic nitrogens is 6. The Bertz CT molecular complexity index is 1600. The lowest BCUT2D eigenvalue weighted by Crippen LogP contribution is -2.31. The number of pyridine rings is 1. The Hall–Kier alpha value is -4.06. The van der Waals surface area contributed by atoms with Crippen molar-refractivity contribution in [2.75, 3.05) is 14.2 Å². The number of hydrogen-bond donors (Lipinski definition) is 0. The molecular formula is C26H31N7O4S. The Morgan fingerprint density at radius 3 is 2.16 bits per heavy atom. The highest BCUT2D eigenvalue weighted by molar-refractivity contribution is 7.90. The topological polar surface area (TPSA) is 126 Å². The van der Waals surface area contributed by atoms with Gasteiger partial charge in [-0.15, -0.1) is 4.40 Å². The van der Waals surface area contributed by atoms with Crippen molar-refractivity contribution in [1.29, 1.82) is 0 Å². The predicted octanol–water partition coefficient (Wildman–Crippen LogP) is 3.12. The van der Waals surface area contributed by atoms with Gasteiger partial charge in [-0.2, -0.15) is 5.10 Å². The quantitative estimate of drug-likeness (QED) is 0.336. The molecule has 0 saturated heterocycles. The van der Waals surface area contributed by atoms with Crippen LogP contribution in [0.2, 0.25) is 0 Å². The second-order valence-corrected chi connectivity index (χ2v) is 11.0. The summed E-state index contributed by atoms with van der Waals surface area (Å²) in [5, 5.41) is 3.73. The van der Waals surface area contributed by atoms with E-state index in [1.54, 1.807) is 68.4 Å². The zero-order chi connectivity index (χ0) is 27.6. The van der Waals surface area contributed by atoms with Gasteiger partial charge in [-0.3, -0.25) is 9.55 Å². The minimum atomic E-state index is -4.07. The Balaban J connectivity index is 1.99. The molecule has 4 aromatic rings. The van der Waals surface area contributed by atoms with Crippen LogP contribution >= 0.6 is 0 Å². The molecule has 0 N–H and O–H groups in total. The molecule has 2 atom stereocenters. The highest BCUT2D eigenvalue weighted by atomic mass is 32.2. The maximum atomic E-state index is 13.7. The van der Waals surface area contributed by atoms with Crippen molar-refractivity contribution < 1.29 is 17.9 Å². The third kappa shape index (κ3) is 5.17. The molecule has 0 aliphatic rings. The van der Waals surface area contributed by atoms with Gasteiger partial charge in [0.05, 0.1) is 19.5 Å². The van der Waals surface area contributed by atoms with E-state index in [1.807, 2.05) is 19.9 Å². The highest BCUT2D eigenvalue weighted by Gasteiger charge is 2.30. The van der Waals surface area contributed by atoms with E-state index in [2.05, 4.69) is 24.4 Å². The van der Waals surface area contributed by atoms with E-state index >= 15 is 0 Å². The zero-order valence-electron chi connectivity index (χ0n) is 22.4. The first-order valence-corrected chi connectivity index (χ1v) is 13.5. The largest absolute Gasteiger partial charge is 0.494 e. The lowest BCUT2D eigenvalue weighted by Gasteiger charge is -2.17. The minimum absolute atomic E-state index is 0.0631. The molecule has 0 aliphatic carbocycles. The summed E-state index contributed by atoms with van der Waals surface area (Å²) >= 11 is 0. The number of hydrogen-bond acceptors (Lipinski definition) is 8. The fourth-order valence-electron chi connectivity index (χ4n) is 4.00. The summed E-state index contributed by atoms with van der Waals surface area (Å²) in [6, 6.07) is 7.21. The Labute approximate surface area is 221 Å². The van der Waals surface area contributed by atoms with Gasteiger partial charge in [0.15, 0.2) is 5.82 Å². The molecule has 4 rings (SSSR count). The van der Waals surface area contributed by atoms with E-state index in [9.17, 15) is 8.42 Å². The Kier molecular flexibility index (Phi) is 7.63. The lowest BCUT2D eigenvalue weighted by atomic mass is 10.1. The van der Waals surface area contributed by atoms with Gasteiger partial charge >= 0.3 is 0 Å². The molecule has 0 unspecified atom stereocenters. The van der Waals surface area contributed by atoms with E-state index in [0.717, 1.165) is 11.1 Å². The first-order valence-electron chi connectivity index (χ1n) is 11.9. The second kappa shape index (κ2) is 10.7. The van der Waals surface area contributed by atoms with Gasteiger partial charge in [-0.1, -0.05) is 13.0 Å². The van der Waals surface area contributed by atoms with Crippen LogP contribution in [0.25, 0.3) is 17.1 Å². The van der Waals surface area contributed by atoms with Crippen molar-refractivity contribution in [2.45, 2.75) is 38.9 Å². The standard InChI is InChI=1S/C26H31N7O4S/c1-16-11-20(15-27-12-16)25-30-32(5)26(33(25)23-21(36-6)9-8-10-22(23)37-7)31-38(34,35)19(4)18(3)24-28-13-17(2)14-29-24/h8-15,18-19H,1-7H3/t18-,19-/m0/s1. The summed E-state index contributed by atoms with van der Waals surface area (Å²) < 4.78 is 46.0. The van der Waals surface area contributed by atoms with E-state index in [0.29, 0.717) is 34.4 Å². The van der Waals surface area contributed by atoms with Crippen LogP contribution < -0.4 is 15.1 Å². The monoisotopic (exact) mass is 537 g/mol. The molecule has 1 aromatic carbocycles.